The van der Waals surface area contributed by atoms with Crippen molar-refractivity contribution in [1.82, 2.24) is 29.2 Å². The summed E-state index contributed by atoms with van der Waals surface area (Å²) in [6.45, 7) is 6.12. The zero-order valence-electron chi connectivity index (χ0n) is 19.7. The number of rotatable bonds is 5. The first-order valence-corrected chi connectivity index (χ1v) is 13.7. The molecule has 0 bridgehead atoms. The summed E-state index contributed by atoms with van der Waals surface area (Å²) in [5, 5.41) is 6.55. The van der Waals surface area contributed by atoms with Crippen LogP contribution in [0.1, 0.15) is 25.7 Å². The van der Waals surface area contributed by atoms with Crippen molar-refractivity contribution in [2.75, 3.05) is 59.4 Å². The maximum absolute atomic E-state index is 13.3. The number of hydrogen-bond acceptors (Lipinski definition) is 7. The minimum atomic E-state index is -3.81. The van der Waals surface area contributed by atoms with E-state index in [9.17, 15) is 13.2 Å². The van der Waals surface area contributed by atoms with Gasteiger partial charge in [-0.15, -0.1) is 0 Å². The third kappa shape index (κ3) is 4.79. The lowest BCUT2D eigenvalue weighted by Gasteiger charge is -2.43. The number of furan rings is 1. The predicted molar refractivity (Wildman–Crippen MR) is 126 cm³/mol. The van der Waals surface area contributed by atoms with Crippen molar-refractivity contribution in [3.05, 3.63) is 24.4 Å². The van der Waals surface area contributed by atoms with E-state index in [1.165, 1.54) is 23.2 Å². The third-order valence-electron chi connectivity index (χ3n) is 7.51. The zero-order valence-corrected chi connectivity index (χ0v) is 20.5. The highest BCUT2D eigenvalue weighted by Gasteiger charge is 2.37. The molecular formula is C23H34N6O4S. The molecular weight excluding hydrogens is 456 g/mol. The molecule has 2 aromatic rings. The Morgan fingerprint density at radius 3 is 2.50 bits per heavy atom. The van der Waals surface area contributed by atoms with Crippen LogP contribution >= 0.6 is 0 Å². The third-order valence-corrected chi connectivity index (χ3v) is 9.24. The van der Waals surface area contributed by atoms with Gasteiger partial charge in [0.2, 0.25) is 11.0 Å². The maximum Gasteiger partial charge on any atom is 0.276 e. The number of hydrogen-bond donors (Lipinski definition) is 1. The quantitative estimate of drug-likeness (QED) is 0.674. The first-order valence-electron chi connectivity index (χ1n) is 12.2. The molecule has 0 aliphatic carbocycles. The summed E-state index contributed by atoms with van der Waals surface area (Å²) in [5.41, 5.74) is 0.618. The van der Waals surface area contributed by atoms with Crippen molar-refractivity contribution < 1.29 is 17.6 Å². The van der Waals surface area contributed by atoms with Gasteiger partial charge in [-0.1, -0.05) is 0 Å². The van der Waals surface area contributed by atoms with Crippen molar-refractivity contribution in [1.29, 1.82) is 0 Å². The Morgan fingerprint density at radius 2 is 1.79 bits per heavy atom. The van der Waals surface area contributed by atoms with Crippen LogP contribution in [0.4, 0.5) is 0 Å². The maximum atomic E-state index is 13.3. The van der Waals surface area contributed by atoms with Crippen molar-refractivity contribution in [3.8, 4) is 11.5 Å². The van der Waals surface area contributed by atoms with Gasteiger partial charge in [-0.3, -0.25) is 14.8 Å². The van der Waals surface area contributed by atoms with Gasteiger partial charge in [-0.05, 0) is 64.0 Å². The molecule has 3 aliphatic rings. The number of piperazine rings is 1. The molecule has 1 amide bonds. The second kappa shape index (κ2) is 9.80. The number of nitrogens with zero attached hydrogens (tertiary/aromatic N) is 5. The Kier molecular flexibility index (Phi) is 6.79. The highest BCUT2D eigenvalue weighted by Crippen LogP contribution is 2.29. The molecule has 1 atom stereocenters. The van der Waals surface area contributed by atoms with Crippen LogP contribution in [-0.4, -0.2) is 109 Å². The summed E-state index contributed by atoms with van der Waals surface area (Å²) in [5.74, 6) is 0.198. The number of carbonyl (C=O) groups is 1. The molecule has 186 valence electrons. The van der Waals surface area contributed by atoms with Crippen LogP contribution in [0.15, 0.2) is 33.9 Å². The molecule has 0 saturated carbocycles. The van der Waals surface area contributed by atoms with Crippen LogP contribution in [-0.2, 0) is 14.8 Å². The Hall–Kier alpha value is -2.21. The van der Waals surface area contributed by atoms with Crippen molar-refractivity contribution >= 4 is 15.9 Å². The Balaban J connectivity index is 1.18. The summed E-state index contributed by atoms with van der Waals surface area (Å²) in [7, 11) is -1.64. The van der Waals surface area contributed by atoms with Crippen LogP contribution in [0.2, 0.25) is 0 Å². The Bertz CT molecular complexity index is 1070. The van der Waals surface area contributed by atoms with Gasteiger partial charge in [0.25, 0.3) is 10.0 Å². The van der Waals surface area contributed by atoms with Crippen molar-refractivity contribution in [2.24, 2.45) is 5.92 Å². The lowest BCUT2D eigenvalue weighted by Crippen LogP contribution is -2.56. The van der Waals surface area contributed by atoms with E-state index < -0.39 is 10.0 Å². The van der Waals surface area contributed by atoms with Gasteiger partial charge in [0, 0.05) is 51.5 Å². The first-order chi connectivity index (χ1) is 16.4. The van der Waals surface area contributed by atoms with Gasteiger partial charge in [-0.25, -0.2) is 8.42 Å². The average molecular weight is 491 g/mol. The van der Waals surface area contributed by atoms with E-state index in [0.29, 0.717) is 30.5 Å². The van der Waals surface area contributed by atoms with E-state index in [1.807, 2.05) is 4.90 Å². The number of aromatic amines is 1. The number of H-pyrrole nitrogens is 1. The number of carbonyl (C=O) groups excluding carboxylic acids is 1. The molecule has 5 heterocycles. The smallest absolute Gasteiger partial charge is 0.276 e. The lowest BCUT2D eigenvalue weighted by atomic mass is 9.97. The first kappa shape index (κ1) is 23.5. The van der Waals surface area contributed by atoms with Crippen LogP contribution < -0.4 is 0 Å². The highest BCUT2D eigenvalue weighted by atomic mass is 32.2. The van der Waals surface area contributed by atoms with Crippen LogP contribution in [0, 0.1) is 5.92 Å². The fourth-order valence-corrected chi connectivity index (χ4v) is 6.85. The van der Waals surface area contributed by atoms with Gasteiger partial charge in [0.15, 0.2) is 5.76 Å². The molecule has 3 aliphatic heterocycles. The van der Waals surface area contributed by atoms with E-state index >= 15 is 0 Å². The van der Waals surface area contributed by atoms with Gasteiger partial charge < -0.3 is 14.2 Å². The number of likely N-dealkylation sites (tertiary alicyclic amines) is 1. The second-order valence-corrected chi connectivity index (χ2v) is 11.6. The zero-order chi connectivity index (χ0) is 23.7. The summed E-state index contributed by atoms with van der Waals surface area (Å²) >= 11 is 0. The van der Waals surface area contributed by atoms with E-state index in [0.717, 1.165) is 45.7 Å². The molecule has 34 heavy (non-hydrogen) atoms. The minimum absolute atomic E-state index is 0.0838. The largest absolute Gasteiger partial charge is 0.442 e. The predicted octanol–water partition coefficient (Wildman–Crippen LogP) is 1.31. The molecule has 5 rings (SSSR count). The Labute approximate surface area is 200 Å². The van der Waals surface area contributed by atoms with Crippen molar-refractivity contribution in [3.63, 3.8) is 0 Å². The van der Waals surface area contributed by atoms with Gasteiger partial charge in [0.05, 0.1) is 5.92 Å². The summed E-state index contributed by atoms with van der Waals surface area (Å²) < 4.78 is 33.5. The molecule has 11 heteroatoms. The molecule has 0 aromatic carbocycles. The lowest BCUT2D eigenvalue weighted by molar-refractivity contribution is -0.139. The standard InChI is InChI=1S/C23H34N6O4S/c1-26-11-7-19(8-12-26)27-13-15-28(16-14-27)23(30)18-3-2-10-29(17-18)34(31,32)22-5-4-21(33-22)20-6-9-24-25-20/h4-6,9,18-19H,2-3,7-8,10-17H2,1H3,(H,24,25). The summed E-state index contributed by atoms with van der Waals surface area (Å²) in [4.78, 5) is 20.1. The van der Waals surface area contributed by atoms with E-state index in [-0.39, 0.29) is 23.5 Å². The molecule has 1 unspecified atom stereocenters. The minimum Gasteiger partial charge on any atom is -0.442 e. The average Bonchev–Trinajstić information content (AvgIpc) is 3.57. The Morgan fingerprint density at radius 1 is 1.03 bits per heavy atom. The fraction of sp³-hybridized carbons (Fsp3) is 0.652. The SMILES string of the molecule is CN1CCC(N2CCN(C(=O)C3CCCN(S(=O)(=O)c4ccc(-c5ccn[nH]5)o4)C3)CC2)CC1. The van der Waals surface area contributed by atoms with E-state index in [1.54, 1.807) is 18.3 Å². The molecule has 0 radical (unpaired) electrons. The molecule has 3 fully saturated rings. The normalized spacial score (nSPS) is 24.5. The molecule has 2 aromatic heterocycles. The number of sulfonamides is 1. The second-order valence-electron chi connectivity index (χ2n) is 9.69. The van der Waals surface area contributed by atoms with Gasteiger partial charge >= 0.3 is 0 Å². The number of piperidine rings is 2. The van der Waals surface area contributed by atoms with Gasteiger partial charge in [-0.2, -0.15) is 9.40 Å². The molecule has 3 saturated heterocycles. The van der Waals surface area contributed by atoms with Gasteiger partial charge in [0.1, 0.15) is 5.69 Å². The molecule has 10 nitrogen and oxygen atoms in total. The van der Waals surface area contributed by atoms with Crippen LogP contribution in [0.3, 0.4) is 0 Å². The highest BCUT2D eigenvalue weighted by molar-refractivity contribution is 7.89. The topological polar surface area (TPSA) is 106 Å². The monoisotopic (exact) mass is 490 g/mol. The summed E-state index contributed by atoms with van der Waals surface area (Å²) in [6.07, 6.45) is 5.35. The number of amides is 1. The van der Waals surface area contributed by atoms with E-state index in [2.05, 4.69) is 27.0 Å². The number of aromatic nitrogens is 2. The fourth-order valence-electron chi connectivity index (χ4n) is 5.41. The van der Waals surface area contributed by atoms with Crippen LogP contribution in [0.25, 0.3) is 11.5 Å². The number of nitrogens with one attached hydrogen (secondary N) is 1. The molecule has 0 spiro atoms. The van der Waals surface area contributed by atoms with Crippen LogP contribution in [0.5, 0.6) is 0 Å². The summed E-state index contributed by atoms with van der Waals surface area (Å²) in [6, 6.07) is 5.43. The van der Waals surface area contributed by atoms with E-state index in [4.69, 9.17) is 4.42 Å². The van der Waals surface area contributed by atoms with Crippen molar-refractivity contribution in [2.45, 2.75) is 36.8 Å². The molecule has 1 N–H and O–H groups in total.